The van der Waals surface area contributed by atoms with Crippen molar-refractivity contribution in [2.45, 2.75) is 31.4 Å². The molecule has 0 radical (unpaired) electrons. The number of rotatable bonds is 6. The van der Waals surface area contributed by atoms with Crippen molar-refractivity contribution in [2.75, 3.05) is 20.6 Å². The Kier molecular flexibility index (Phi) is 5.30. The molecule has 1 heterocycles. The van der Waals surface area contributed by atoms with E-state index in [1.807, 2.05) is 25.9 Å². The van der Waals surface area contributed by atoms with Crippen LogP contribution in [0.25, 0.3) is 0 Å². The van der Waals surface area contributed by atoms with E-state index in [0.29, 0.717) is 16.3 Å². The monoisotopic (exact) mass is 292 g/mol. The molecule has 0 spiro atoms. The molecule has 0 bridgehead atoms. The lowest BCUT2D eigenvalue weighted by Crippen LogP contribution is -2.38. The first-order chi connectivity index (χ1) is 8.27. The molecule has 0 saturated heterocycles. The van der Waals surface area contributed by atoms with Crippen LogP contribution in [0.15, 0.2) is 11.0 Å². The lowest BCUT2D eigenvalue weighted by Gasteiger charge is -2.19. The predicted octanol–water partition coefficient (Wildman–Crippen LogP) is 0.777. The van der Waals surface area contributed by atoms with Crippen molar-refractivity contribution in [1.82, 2.24) is 9.62 Å². The first kappa shape index (κ1) is 15.6. The fraction of sp³-hybridized carbons (Fsp3) is 0.636. The summed E-state index contributed by atoms with van der Waals surface area (Å²) in [5.74, 6) is 0. The van der Waals surface area contributed by atoms with E-state index >= 15 is 0 Å². The molecular weight excluding hydrogens is 272 g/mol. The normalized spacial score (nSPS) is 14.1. The van der Waals surface area contributed by atoms with Crippen LogP contribution in [0.1, 0.15) is 16.7 Å². The molecule has 0 amide bonds. The standard InChI is InChI=1S/C11H20N2O3S2/c1-8(13(3)4)6-12-18(15,16)11-5-10(7-14)17-9(11)2/h5,8,12,14H,6-7H2,1-4H3. The fourth-order valence-electron chi connectivity index (χ4n) is 1.36. The number of nitrogens with zero attached hydrogens (tertiary/aromatic N) is 1. The van der Waals surface area contributed by atoms with Gasteiger partial charge in [-0.25, -0.2) is 13.1 Å². The average molecular weight is 292 g/mol. The fourth-order valence-corrected chi connectivity index (χ4v) is 3.97. The van der Waals surface area contributed by atoms with Crippen LogP contribution in [0.4, 0.5) is 0 Å². The van der Waals surface area contributed by atoms with Gasteiger partial charge in [0.05, 0.1) is 11.5 Å². The van der Waals surface area contributed by atoms with E-state index in [1.165, 1.54) is 17.4 Å². The third-order valence-corrected chi connectivity index (χ3v) is 5.53. The molecule has 5 nitrogen and oxygen atoms in total. The lowest BCUT2D eigenvalue weighted by molar-refractivity contribution is 0.285. The third kappa shape index (κ3) is 3.76. The smallest absolute Gasteiger partial charge is 0.241 e. The van der Waals surface area contributed by atoms with Gasteiger partial charge in [-0.3, -0.25) is 0 Å². The summed E-state index contributed by atoms with van der Waals surface area (Å²) >= 11 is 1.30. The van der Waals surface area contributed by atoms with Crippen molar-refractivity contribution in [3.8, 4) is 0 Å². The number of hydrogen-bond donors (Lipinski definition) is 2. The molecule has 2 N–H and O–H groups in total. The van der Waals surface area contributed by atoms with Crippen LogP contribution in [0, 0.1) is 6.92 Å². The summed E-state index contributed by atoms with van der Waals surface area (Å²) in [4.78, 5) is 3.57. The summed E-state index contributed by atoms with van der Waals surface area (Å²) in [7, 11) is 0.317. The maximum absolute atomic E-state index is 12.1. The van der Waals surface area contributed by atoms with E-state index in [0.717, 1.165) is 0 Å². The minimum Gasteiger partial charge on any atom is -0.391 e. The van der Waals surface area contributed by atoms with Crippen LogP contribution in [0.3, 0.4) is 0 Å². The first-order valence-corrected chi connectivity index (χ1v) is 7.94. The summed E-state index contributed by atoms with van der Waals surface area (Å²) in [5.41, 5.74) is 0. The largest absolute Gasteiger partial charge is 0.391 e. The van der Waals surface area contributed by atoms with Crippen molar-refractivity contribution in [3.05, 3.63) is 15.8 Å². The Morgan fingerprint density at radius 2 is 2.11 bits per heavy atom. The molecule has 1 rings (SSSR count). The zero-order valence-corrected chi connectivity index (χ0v) is 12.7. The summed E-state index contributed by atoms with van der Waals surface area (Å²) in [6.45, 7) is 3.92. The number of thiophene rings is 1. The van der Waals surface area contributed by atoms with Gasteiger partial charge in [0.25, 0.3) is 0 Å². The van der Waals surface area contributed by atoms with E-state index in [1.54, 1.807) is 6.92 Å². The quantitative estimate of drug-likeness (QED) is 0.813. The zero-order valence-electron chi connectivity index (χ0n) is 11.1. The molecule has 0 aliphatic carbocycles. The number of aryl methyl sites for hydroxylation is 1. The van der Waals surface area contributed by atoms with Gasteiger partial charge in [-0.15, -0.1) is 11.3 Å². The molecule has 1 aromatic rings. The molecule has 7 heteroatoms. The Labute approximate surface area is 112 Å². The van der Waals surface area contributed by atoms with E-state index in [9.17, 15) is 8.42 Å². The van der Waals surface area contributed by atoms with Crippen molar-refractivity contribution in [2.24, 2.45) is 0 Å². The first-order valence-electron chi connectivity index (χ1n) is 5.64. The van der Waals surface area contributed by atoms with Crippen LogP contribution < -0.4 is 4.72 Å². The van der Waals surface area contributed by atoms with Crippen molar-refractivity contribution < 1.29 is 13.5 Å². The third-order valence-electron chi connectivity index (χ3n) is 2.82. The molecule has 104 valence electrons. The van der Waals surface area contributed by atoms with Gasteiger partial charge in [0.2, 0.25) is 10.0 Å². The van der Waals surface area contributed by atoms with E-state index in [4.69, 9.17) is 5.11 Å². The molecule has 1 atom stereocenters. The molecule has 0 aromatic carbocycles. The summed E-state index contributed by atoms with van der Waals surface area (Å²) in [5, 5.41) is 9.02. The highest BCUT2D eigenvalue weighted by Crippen LogP contribution is 2.25. The van der Waals surface area contributed by atoms with Gasteiger partial charge in [-0.1, -0.05) is 0 Å². The number of aliphatic hydroxyl groups is 1. The highest BCUT2D eigenvalue weighted by atomic mass is 32.2. The predicted molar refractivity (Wildman–Crippen MR) is 73.3 cm³/mol. The van der Waals surface area contributed by atoms with Gasteiger partial charge in [0.15, 0.2) is 0 Å². The Hall–Kier alpha value is -0.470. The molecule has 1 unspecified atom stereocenters. The SMILES string of the molecule is Cc1sc(CO)cc1S(=O)(=O)NCC(C)N(C)C. The van der Waals surface area contributed by atoms with Gasteiger partial charge in [-0.05, 0) is 34.0 Å². The second-order valence-electron chi connectivity index (χ2n) is 4.46. The van der Waals surface area contributed by atoms with Gasteiger partial charge in [0.1, 0.15) is 0 Å². The average Bonchev–Trinajstić information content (AvgIpc) is 2.68. The van der Waals surface area contributed by atoms with E-state index in [-0.39, 0.29) is 17.5 Å². The zero-order chi connectivity index (χ0) is 13.9. The molecular formula is C11H20N2O3S2. The van der Waals surface area contributed by atoms with Crippen molar-refractivity contribution >= 4 is 21.4 Å². The lowest BCUT2D eigenvalue weighted by atomic mass is 10.3. The Bertz CT molecular complexity index is 494. The van der Waals surface area contributed by atoms with Gasteiger partial charge in [-0.2, -0.15) is 0 Å². The molecule has 1 aromatic heterocycles. The number of aliphatic hydroxyl groups excluding tert-OH is 1. The van der Waals surface area contributed by atoms with Gasteiger partial charge < -0.3 is 10.0 Å². The minimum atomic E-state index is -3.49. The number of hydrogen-bond acceptors (Lipinski definition) is 5. The summed E-state index contributed by atoms with van der Waals surface area (Å²) in [6.07, 6.45) is 0. The van der Waals surface area contributed by atoms with E-state index < -0.39 is 10.0 Å². The van der Waals surface area contributed by atoms with Crippen LogP contribution in [-0.2, 0) is 16.6 Å². The van der Waals surface area contributed by atoms with E-state index in [2.05, 4.69) is 4.72 Å². The molecule has 0 fully saturated rings. The van der Waals surface area contributed by atoms with Crippen LogP contribution in [-0.4, -0.2) is 45.1 Å². The second-order valence-corrected chi connectivity index (χ2v) is 7.53. The number of sulfonamides is 1. The van der Waals surface area contributed by atoms with Crippen LogP contribution in [0.2, 0.25) is 0 Å². The molecule has 0 aliphatic heterocycles. The van der Waals surface area contributed by atoms with Gasteiger partial charge >= 0.3 is 0 Å². The molecule has 0 saturated carbocycles. The summed E-state index contributed by atoms with van der Waals surface area (Å²) < 4.78 is 26.8. The number of likely N-dealkylation sites (N-methyl/N-ethyl adjacent to an activating group) is 1. The maximum atomic E-state index is 12.1. The van der Waals surface area contributed by atoms with Gasteiger partial charge in [0, 0.05) is 22.3 Å². The number of nitrogens with one attached hydrogen (secondary N) is 1. The summed E-state index contributed by atoms with van der Waals surface area (Å²) in [6, 6.07) is 1.65. The maximum Gasteiger partial charge on any atom is 0.241 e. The highest BCUT2D eigenvalue weighted by molar-refractivity contribution is 7.89. The minimum absolute atomic E-state index is 0.121. The highest BCUT2D eigenvalue weighted by Gasteiger charge is 2.20. The Morgan fingerprint density at radius 1 is 1.50 bits per heavy atom. The van der Waals surface area contributed by atoms with Crippen LogP contribution >= 0.6 is 11.3 Å². The Balaban J connectivity index is 2.83. The molecule has 0 aliphatic rings. The van der Waals surface area contributed by atoms with Crippen molar-refractivity contribution in [1.29, 1.82) is 0 Å². The molecule has 18 heavy (non-hydrogen) atoms. The van der Waals surface area contributed by atoms with Crippen LogP contribution in [0.5, 0.6) is 0 Å². The second kappa shape index (κ2) is 6.12. The topological polar surface area (TPSA) is 69.6 Å². The van der Waals surface area contributed by atoms with Crippen molar-refractivity contribution in [3.63, 3.8) is 0 Å². The Morgan fingerprint density at radius 3 is 2.56 bits per heavy atom.